The van der Waals surface area contributed by atoms with E-state index in [1.807, 2.05) is 31.2 Å². The number of hydrogen-bond acceptors (Lipinski definition) is 3. The Bertz CT molecular complexity index is 664. The molecule has 1 aromatic carbocycles. The SMILES string of the molecule is Cc1cccc(CS(=O)Cc2c(C(=O)O)cnn2C)c1. The lowest BCUT2D eigenvalue weighted by Gasteiger charge is -2.05. The van der Waals surface area contributed by atoms with Gasteiger partial charge in [-0.15, -0.1) is 0 Å². The van der Waals surface area contributed by atoms with Crippen molar-refractivity contribution in [2.24, 2.45) is 7.05 Å². The first-order valence-electron chi connectivity index (χ1n) is 6.12. The summed E-state index contributed by atoms with van der Waals surface area (Å²) in [5, 5.41) is 13.0. The summed E-state index contributed by atoms with van der Waals surface area (Å²) < 4.78 is 13.7. The highest BCUT2D eigenvalue weighted by Gasteiger charge is 2.17. The van der Waals surface area contributed by atoms with Crippen molar-refractivity contribution in [1.29, 1.82) is 0 Å². The first-order valence-corrected chi connectivity index (χ1v) is 7.61. The fraction of sp³-hybridized carbons (Fsp3) is 0.286. The maximum Gasteiger partial charge on any atom is 0.339 e. The molecular weight excluding hydrogens is 276 g/mol. The van der Waals surface area contributed by atoms with E-state index in [2.05, 4.69) is 5.10 Å². The van der Waals surface area contributed by atoms with E-state index in [-0.39, 0.29) is 11.3 Å². The number of hydrogen-bond donors (Lipinski definition) is 1. The number of aromatic carboxylic acids is 1. The number of carboxylic acid groups (broad SMARTS) is 1. The fourth-order valence-electron chi connectivity index (χ4n) is 2.00. The molecule has 0 aliphatic rings. The van der Waals surface area contributed by atoms with E-state index in [1.54, 1.807) is 7.05 Å². The molecule has 2 rings (SSSR count). The van der Waals surface area contributed by atoms with Gasteiger partial charge in [0.25, 0.3) is 0 Å². The third-order valence-electron chi connectivity index (χ3n) is 3.00. The number of carboxylic acids is 1. The third kappa shape index (κ3) is 3.33. The lowest BCUT2D eigenvalue weighted by atomic mass is 10.2. The summed E-state index contributed by atoms with van der Waals surface area (Å²) in [6, 6.07) is 7.82. The first-order chi connectivity index (χ1) is 9.47. The molecular formula is C14H16N2O3S. The molecule has 106 valence electrons. The maximum atomic E-state index is 12.2. The second kappa shape index (κ2) is 6.00. The van der Waals surface area contributed by atoms with E-state index in [0.717, 1.165) is 11.1 Å². The van der Waals surface area contributed by atoms with Gasteiger partial charge in [0.05, 0.1) is 17.6 Å². The van der Waals surface area contributed by atoms with Gasteiger partial charge in [-0.1, -0.05) is 29.8 Å². The molecule has 1 aromatic heterocycles. The van der Waals surface area contributed by atoms with Crippen LogP contribution in [0.5, 0.6) is 0 Å². The van der Waals surface area contributed by atoms with Crippen molar-refractivity contribution in [2.75, 3.05) is 0 Å². The Labute approximate surface area is 119 Å². The van der Waals surface area contributed by atoms with Crippen LogP contribution in [-0.2, 0) is 29.4 Å². The van der Waals surface area contributed by atoms with Crippen molar-refractivity contribution >= 4 is 16.8 Å². The van der Waals surface area contributed by atoms with Crippen molar-refractivity contribution in [3.05, 3.63) is 52.8 Å². The van der Waals surface area contributed by atoms with Gasteiger partial charge in [0, 0.05) is 23.6 Å². The Morgan fingerprint density at radius 3 is 2.80 bits per heavy atom. The minimum absolute atomic E-state index is 0.116. The van der Waals surface area contributed by atoms with Gasteiger partial charge in [-0.05, 0) is 12.5 Å². The van der Waals surface area contributed by atoms with Crippen molar-refractivity contribution in [3.63, 3.8) is 0 Å². The van der Waals surface area contributed by atoms with Crippen LogP contribution in [0.2, 0.25) is 0 Å². The molecule has 0 saturated heterocycles. The lowest BCUT2D eigenvalue weighted by Crippen LogP contribution is -2.09. The Morgan fingerprint density at radius 1 is 1.40 bits per heavy atom. The molecule has 0 fully saturated rings. The summed E-state index contributed by atoms with van der Waals surface area (Å²) in [6.07, 6.45) is 1.29. The standard InChI is InChI=1S/C14H16N2O3S/c1-10-4-3-5-11(6-10)8-20(19)9-13-12(14(17)18)7-15-16(13)2/h3-7H,8-9H2,1-2H3,(H,17,18). The van der Waals surface area contributed by atoms with Crippen LogP contribution in [0, 0.1) is 6.92 Å². The number of aromatic nitrogens is 2. The van der Waals surface area contributed by atoms with Gasteiger partial charge in [-0.25, -0.2) is 4.79 Å². The molecule has 20 heavy (non-hydrogen) atoms. The predicted molar refractivity (Wildman–Crippen MR) is 76.9 cm³/mol. The normalized spacial score (nSPS) is 12.3. The van der Waals surface area contributed by atoms with Crippen LogP contribution in [0.25, 0.3) is 0 Å². The highest BCUT2D eigenvalue weighted by atomic mass is 32.2. The molecule has 5 nitrogen and oxygen atoms in total. The molecule has 0 aliphatic carbocycles. The topological polar surface area (TPSA) is 72.2 Å². The van der Waals surface area contributed by atoms with Crippen LogP contribution in [0.1, 0.15) is 27.2 Å². The largest absolute Gasteiger partial charge is 0.478 e. The average molecular weight is 292 g/mol. The van der Waals surface area contributed by atoms with Gasteiger partial charge < -0.3 is 5.11 Å². The molecule has 0 amide bonds. The quantitative estimate of drug-likeness (QED) is 0.913. The van der Waals surface area contributed by atoms with E-state index < -0.39 is 16.8 Å². The molecule has 0 aliphatic heterocycles. The molecule has 0 spiro atoms. The minimum atomic E-state index is -1.17. The van der Waals surface area contributed by atoms with Crippen molar-refractivity contribution in [2.45, 2.75) is 18.4 Å². The molecule has 1 atom stereocenters. The molecule has 0 bridgehead atoms. The van der Waals surface area contributed by atoms with Crippen molar-refractivity contribution < 1.29 is 14.1 Å². The van der Waals surface area contributed by atoms with Gasteiger partial charge >= 0.3 is 5.97 Å². The van der Waals surface area contributed by atoms with Gasteiger partial charge in [0.1, 0.15) is 5.56 Å². The Kier molecular flexibility index (Phi) is 4.34. The maximum absolute atomic E-state index is 12.2. The van der Waals surface area contributed by atoms with Crippen molar-refractivity contribution in [3.8, 4) is 0 Å². The number of rotatable bonds is 5. The zero-order valence-corrected chi connectivity index (χ0v) is 12.2. The molecule has 2 aromatic rings. The van der Waals surface area contributed by atoms with Crippen LogP contribution in [0.4, 0.5) is 0 Å². The van der Waals surface area contributed by atoms with Crippen LogP contribution < -0.4 is 0 Å². The van der Waals surface area contributed by atoms with Crippen LogP contribution in [0.3, 0.4) is 0 Å². The third-order valence-corrected chi connectivity index (χ3v) is 4.25. The van der Waals surface area contributed by atoms with Crippen LogP contribution in [0.15, 0.2) is 30.5 Å². The Hall–Kier alpha value is -1.95. The predicted octanol–water partition coefficient (Wildman–Crippen LogP) is 1.88. The Balaban J connectivity index is 2.12. The molecule has 0 saturated carbocycles. The second-order valence-electron chi connectivity index (χ2n) is 4.65. The smallest absolute Gasteiger partial charge is 0.339 e. The molecule has 1 unspecified atom stereocenters. The van der Waals surface area contributed by atoms with Gasteiger partial charge in [0.15, 0.2) is 0 Å². The average Bonchev–Trinajstić information content (AvgIpc) is 2.71. The summed E-state index contributed by atoms with van der Waals surface area (Å²) in [5.41, 5.74) is 2.71. The highest BCUT2D eigenvalue weighted by Crippen LogP contribution is 2.14. The number of carbonyl (C=O) groups is 1. The Morgan fingerprint density at radius 2 is 2.15 bits per heavy atom. The van der Waals surface area contributed by atoms with Gasteiger partial charge in [0.2, 0.25) is 0 Å². The first kappa shape index (κ1) is 14.5. The summed E-state index contributed by atoms with van der Waals surface area (Å²) in [7, 11) is 0.488. The van der Waals surface area contributed by atoms with Crippen LogP contribution >= 0.6 is 0 Å². The second-order valence-corrected chi connectivity index (χ2v) is 6.11. The summed E-state index contributed by atoms with van der Waals surface area (Å²) in [5.74, 6) is -0.446. The fourth-order valence-corrected chi connectivity index (χ4v) is 3.30. The molecule has 0 radical (unpaired) electrons. The lowest BCUT2D eigenvalue weighted by molar-refractivity contribution is 0.0696. The van der Waals surface area contributed by atoms with E-state index in [4.69, 9.17) is 5.11 Å². The number of aryl methyl sites for hydroxylation is 2. The summed E-state index contributed by atoms with van der Waals surface area (Å²) >= 11 is 0. The number of nitrogens with zero attached hydrogens (tertiary/aromatic N) is 2. The summed E-state index contributed by atoms with van der Waals surface area (Å²) in [4.78, 5) is 11.1. The monoisotopic (exact) mass is 292 g/mol. The summed E-state index contributed by atoms with van der Waals surface area (Å²) in [6.45, 7) is 1.98. The number of benzene rings is 1. The van der Waals surface area contributed by atoms with E-state index >= 15 is 0 Å². The highest BCUT2D eigenvalue weighted by molar-refractivity contribution is 7.83. The zero-order chi connectivity index (χ0) is 14.7. The van der Waals surface area contributed by atoms with E-state index in [9.17, 15) is 9.00 Å². The molecule has 6 heteroatoms. The molecule has 1 heterocycles. The van der Waals surface area contributed by atoms with Gasteiger partial charge in [-0.3, -0.25) is 8.89 Å². The van der Waals surface area contributed by atoms with E-state index in [1.165, 1.54) is 10.9 Å². The zero-order valence-electron chi connectivity index (χ0n) is 11.4. The van der Waals surface area contributed by atoms with Crippen LogP contribution in [-0.4, -0.2) is 25.1 Å². The van der Waals surface area contributed by atoms with E-state index in [0.29, 0.717) is 11.4 Å². The molecule has 1 N–H and O–H groups in total. The minimum Gasteiger partial charge on any atom is -0.478 e. The van der Waals surface area contributed by atoms with Crippen molar-refractivity contribution in [1.82, 2.24) is 9.78 Å². The van der Waals surface area contributed by atoms with Gasteiger partial charge in [-0.2, -0.15) is 5.10 Å².